The normalized spacial score (nSPS) is 30.2. The van der Waals surface area contributed by atoms with Crippen LogP contribution in [0.5, 0.6) is 0 Å². The highest BCUT2D eigenvalue weighted by atomic mass is 35.5. The Morgan fingerprint density at radius 2 is 1.88 bits per heavy atom. The topological polar surface area (TPSA) is 30.7 Å². The zero-order valence-corrected chi connectivity index (χ0v) is 11.2. The molecule has 0 spiro atoms. The van der Waals surface area contributed by atoms with E-state index in [-0.39, 0.29) is 0 Å². The summed E-state index contributed by atoms with van der Waals surface area (Å²) in [4.78, 5) is 0. The minimum atomic E-state index is 0.540. The van der Waals surface area contributed by atoms with Gasteiger partial charge in [-0.25, -0.2) is 0 Å². The molecule has 1 aromatic rings. The molecule has 2 fully saturated rings. The third-order valence-electron chi connectivity index (χ3n) is 4.22. The van der Waals surface area contributed by atoms with Crippen molar-refractivity contribution in [2.75, 3.05) is 0 Å². The predicted octanol–water partition coefficient (Wildman–Crippen LogP) is 3.95. The summed E-state index contributed by atoms with van der Waals surface area (Å²) in [6.07, 6.45) is 8.97. The van der Waals surface area contributed by atoms with E-state index in [0.717, 1.165) is 11.7 Å². The van der Waals surface area contributed by atoms with Gasteiger partial charge in [0.2, 0.25) is 5.28 Å². The van der Waals surface area contributed by atoms with Gasteiger partial charge in [0.1, 0.15) is 5.82 Å². The summed E-state index contributed by atoms with van der Waals surface area (Å²) in [5.74, 6) is 2.64. The fraction of sp³-hybridized carbons (Fsp3) is 0.846. The van der Waals surface area contributed by atoms with Gasteiger partial charge in [-0.3, -0.25) is 4.57 Å². The maximum atomic E-state index is 6.23. The van der Waals surface area contributed by atoms with Crippen LogP contribution < -0.4 is 0 Å². The molecule has 2 unspecified atom stereocenters. The van der Waals surface area contributed by atoms with Crippen LogP contribution in [0.2, 0.25) is 5.28 Å². The van der Waals surface area contributed by atoms with E-state index in [9.17, 15) is 0 Å². The molecule has 2 aliphatic rings. The van der Waals surface area contributed by atoms with E-state index in [2.05, 4.69) is 21.7 Å². The summed E-state index contributed by atoms with van der Waals surface area (Å²) in [5, 5.41) is 8.97. The molecule has 2 aliphatic carbocycles. The fourth-order valence-corrected chi connectivity index (χ4v) is 3.23. The van der Waals surface area contributed by atoms with Crippen molar-refractivity contribution in [2.45, 2.75) is 63.8 Å². The number of rotatable bonds is 2. The Bertz CT molecular complexity index is 397. The van der Waals surface area contributed by atoms with Crippen LogP contribution >= 0.6 is 11.6 Å². The van der Waals surface area contributed by atoms with Crippen molar-refractivity contribution in [1.29, 1.82) is 0 Å². The van der Waals surface area contributed by atoms with Gasteiger partial charge in [-0.05, 0) is 49.6 Å². The Labute approximate surface area is 108 Å². The average molecular weight is 254 g/mol. The molecule has 0 aromatic carbocycles. The highest BCUT2D eigenvalue weighted by Crippen LogP contribution is 2.42. The number of nitrogens with zero attached hydrogens (tertiary/aromatic N) is 3. The van der Waals surface area contributed by atoms with Crippen LogP contribution in [0.25, 0.3) is 0 Å². The molecule has 3 nitrogen and oxygen atoms in total. The average Bonchev–Trinajstić information content (AvgIpc) is 3.09. The first-order valence-electron chi connectivity index (χ1n) is 6.86. The summed E-state index contributed by atoms with van der Waals surface area (Å²) in [6, 6.07) is 0.540. The van der Waals surface area contributed by atoms with Crippen LogP contribution in [0.4, 0.5) is 0 Å². The van der Waals surface area contributed by atoms with E-state index in [1.165, 1.54) is 44.9 Å². The van der Waals surface area contributed by atoms with Gasteiger partial charge in [0.15, 0.2) is 0 Å². The van der Waals surface area contributed by atoms with Gasteiger partial charge < -0.3 is 0 Å². The summed E-state index contributed by atoms with van der Waals surface area (Å²) in [5.41, 5.74) is 0. The SMILES string of the molecule is CC1CCCC(n2c(Cl)nnc2C2CC2)CC1. The lowest BCUT2D eigenvalue weighted by Crippen LogP contribution is -2.12. The molecule has 94 valence electrons. The molecule has 4 heteroatoms. The number of hydrogen-bond donors (Lipinski definition) is 0. The molecule has 0 radical (unpaired) electrons. The van der Waals surface area contributed by atoms with E-state index < -0.39 is 0 Å². The third-order valence-corrected chi connectivity index (χ3v) is 4.47. The number of hydrogen-bond acceptors (Lipinski definition) is 2. The van der Waals surface area contributed by atoms with Crippen molar-refractivity contribution < 1.29 is 0 Å². The van der Waals surface area contributed by atoms with E-state index in [1.54, 1.807) is 0 Å². The minimum absolute atomic E-state index is 0.540. The summed E-state index contributed by atoms with van der Waals surface area (Å²) < 4.78 is 2.23. The second kappa shape index (κ2) is 4.60. The molecule has 0 aliphatic heterocycles. The van der Waals surface area contributed by atoms with E-state index in [0.29, 0.717) is 17.2 Å². The van der Waals surface area contributed by atoms with Gasteiger partial charge in [-0.15, -0.1) is 10.2 Å². The molecule has 2 saturated carbocycles. The second-order valence-corrected chi connectivity index (χ2v) is 6.08. The van der Waals surface area contributed by atoms with E-state index in [4.69, 9.17) is 11.6 Å². The van der Waals surface area contributed by atoms with Crippen LogP contribution in [0.3, 0.4) is 0 Å². The molecule has 3 rings (SSSR count). The van der Waals surface area contributed by atoms with Crippen LogP contribution in [0, 0.1) is 5.92 Å². The van der Waals surface area contributed by atoms with Gasteiger partial charge in [-0.2, -0.15) is 0 Å². The maximum absolute atomic E-state index is 6.23. The van der Waals surface area contributed by atoms with Gasteiger partial charge in [0.25, 0.3) is 0 Å². The second-order valence-electron chi connectivity index (χ2n) is 5.74. The van der Waals surface area contributed by atoms with Crippen LogP contribution in [-0.4, -0.2) is 14.8 Å². The van der Waals surface area contributed by atoms with Crippen molar-refractivity contribution in [2.24, 2.45) is 5.92 Å². The molecule has 0 saturated heterocycles. The molecular formula is C13H20ClN3. The van der Waals surface area contributed by atoms with Crippen LogP contribution in [0.15, 0.2) is 0 Å². The maximum Gasteiger partial charge on any atom is 0.225 e. The van der Waals surface area contributed by atoms with Gasteiger partial charge in [0, 0.05) is 12.0 Å². The number of aromatic nitrogens is 3. The molecule has 0 bridgehead atoms. The standard InChI is InChI=1S/C13H20ClN3/c1-9-3-2-4-11(8-5-9)17-12(10-6-7-10)15-16-13(17)14/h9-11H,2-8H2,1H3. The molecule has 0 amide bonds. The Hall–Kier alpha value is -0.570. The summed E-state index contributed by atoms with van der Waals surface area (Å²) in [7, 11) is 0. The fourth-order valence-electron chi connectivity index (χ4n) is 2.97. The Morgan fingerprint density at radius 3 is 2.65 bits per heavy atom. The first-order chi connectivity index (χ1) is 8.25. The van der Waals surface area contributed by atoms with Gasteiger partial charge >= 0.3 is 0 Å². The molecule has 1 heterocycles. The first kappa shape index (κ1) is 11.5. The monoisotopic (exact) mass is 253 g/mol. The Morgan fingerprint density at radius 1 is 1.06 bits per heavy atom. The van der Waals surface area contributed by atoms with Crippen molar-refractivity contribution in [3.8, 4) is 0 Å². The van der Waals surface area contributed by atoms with Gasteiger partial charge in [-0.1, -0.05) is 19.8 Å². The number of halogens is 1. The lowest BCUT2D eigenvalue weighted by molar-refractivity contribution is 0.421. The molecule has 2 atom stereocenters. The zero-order chi connectivity index (χ0) is 11.8. The summed E-state index contributed by atoms with van der Waals surface area (Å²) >= 11 is 6.23. The van der Waals surface area contributed by atoms with Crippen molar-refractivity contribution >= 4 is 11.6 Å². The van der Waals surface area contributed by atoms with Gasteiger partial charge in [0.05, 0.1) is 0 Å². The van der Waals surface area contributed by atoms with Crippen LogP contribution in [-0.2, 0) is 0 Å². The van der Waals surface area contributed by atoms with E-state index in [1.807, 2.05) is 0 Å². The largest absolute Gasteiger partial charge is 0.298 e. The van der Waals surface area contributed by atoms with Crippen molar-refractivity contribution in [1.82, 2.24) is 14.8 Å². The molecule has 0 N–H and O–H groups in total. The molecule has 17 heavy (non-hydrogen) atoms. The molecular weight excluding hydrogens is 234 g/mol. The third kappa shape index (κ3) is 2.35. The van der Waals surface area contributed by atoms with Crippen molar-refractivity contribution in [3.05, 3.63) is 11.1 Å². The highest BCUT2D eigenvalue weighted by Gasteiger charge is 2.32. The Balaban J connectivity index is 1.84. The molecule has 1 aromatic heterocycles. The quantitative estimate of drug-likeness (QED) is 0.748. The summed E-state index contributed by atoms with van der Waals surface area (Å²) in [6.45, 7) is 2.36. The lowest BCUT2D eigenvalue weighted by atomic mass is 10.0. The zero-order valence-electron chi connectivity index (χ0n) is 10.4. The lowest BCUT2D eigenvalue weighted by Gasteiger charge is -2.18. The van der Waals surface area contributed by atoms with E-state index >= 15 is 0 Å². The highest BCUT2D eigenvalue weighted by molar-refractivity contribution is 6.28. The smallest absolute Gasteiger partial charge is 0.225 e. The van der Waals surface area contributed by atoms with Crippen molar-refractivity contribution in [3.63, 3.8) is 0 Å². The minimum Gasteiger partial charge on any atom is -0.298 e. The first-order valence-corrected chi connectivity index (χ1v) is 7.24. The Kier molecular flexibility index (Phi) is 3.12. The van der Waals surface area contributed by atoms with Crippen LogP contribution in [0.1, 0.15) is 69.7 Å². The predicted molar refractivity (Wildman–Crippen MR) is 68.3 cm³/mol.